The summed E-state index contributed by atoms with van der Waals surface area (Å²) in [5, 5.41) is 33.9. The van der Waals surface area contributed by atoms with Gasteiger partial charge >= 0.3 is 40.8 Å². The molecule has 0 saturated carbocycles. The molecule has 0 aliphatic heterocycles. The second kappa shape index (κ2) is 39.0. The molecule has 0 saturated heterocycles. The van der Waals surface area contributed by atoms with Gasteiger partial charge in [0.25, 0.3) is 0 Å². The van der Waals surface area contributed by atoms with Crippen molar-refractivity contribution in [3.8, 4) is 0 Å². The third-order valence-electron chi connectivity index (χ3n) is 11.5. The first-order valence-corrected chi connectivity index (χ1v) is 22.0. The number of hydrogen-bond donors (Lipinski definition) is 0. The number of rotatable bonds is 33. The zero-order valence-corrected chi connectivity index (χ0v) is 39.4. The molecule has 0 fully saturated rings. The number of carboxylic acid groups (broad SMARTS) is 3. The average molecular weight is 868 g/mol. The predicted octanol–water partition coefficient (Wildman–Crippen LogP) is 11.1. The number of carboxylic acids is 3. The zero-order chi connectivity index (χ0) is 39.4. The molecule has 0 bridgehead atoms. The van der Waals surface area contributed by atoms with E-state index in [9.17, 15) is 29.7 Å². The fourth-order valence-electron chi connectivity index (χ4n) is 7.65. The molecule has 3 atom stereocenters. The summed E-state index contributed by atoms with van der Waals surface area (Å²) in [7, 11) is 0. The van der Waals surface area contributed by atoms with Crippen LogP contribution < -0.4 is 15.3 Å². The molecule has 0 N–H and O–H groups in total. The van der Waals surface area contributed by atoms with E-state index in [0.29, 0.717) is 19.3 Å². The predicted molar refractivity (Wildman–Crippen MR) is 212 cm³/mol. The number of carbonyl (C=O) groups excluding carboxylic acids is 3. The zero-order valence-electron chi connectivity index (χ0n) is 36.2. The first-order chi connectivity index (χ1) is 24.4. The summed E-state index contributed by atoms with van der Waals surface area (Å²) < 4.78 is 0. The summed E-state index contributed by atoms with van der Waals surface area (Å²) >= 11 is 0. The Bertz CT molecular complexity index is 715. The van der Waals surface area contributed by atoms with Crippen LogP contribution in [-0.2, 0) is 14.4 Å². The summed E-state index contributed by atoms with van der Waals surface area (Å²) in [6.45, 7) is 18.7. The van der Waals surface area contributed by atoms with Gasteiger partial charge in [0.1, 0.15) is 0 Å². The summed E-state index contributed by atoms with van der Waals surface area (Å²) in [5.41, 5.74) is -1.67. The Labute approximate surface area is 357 Å². The number of unbranched alkanes of at least 4 members (excludes halogenated alkanes) is 15. The second-order valence-electron chi connectivity index (χ2n) is 15.6. The van der Waals surface area contributed by atoms with Gasteiger partial charge in [-0.25, -0.2) is 0 Å². The fourth-order valence-corrected chi connectivity index (χ4v) is 7.65. The summed E-state index contributed by atoms with van der Waals surface area (Å²) in [4.78, 5) is 33.9. The molecule has 0 spiro atoms. The van der Waals surface area contributed by atoms with Gasteiger partial charge in [0, 0.05) is 34.2 Å². The van der Waals surface area contributed by atoms with E-state index in [1.807, 2.05) is 20.8 Å². The van der Waals surface area contributed by atoms with Crippen LogP contribution in [0.2, 0.25) is 0 Å². The van der Waals surface area contributed by atoms with Crippen molar-refractivity contribution < 1.29 is 70.5 Å². The third kappa shape index (κ3) is 27.4. The SMILES string of the molecule is CCCCCCCCC(CC)(CCC)C(=O)[O-].CCCCCCCCC(CC)(CCC)C(=O)[O-].CCCCCCCCC(CC)(CCC)C(=O)[O-].[Nd+3]. The van der Waals surface area contributed by atoms with Crippen molar-refractivity contribution in [1.29, 1.82) is 0 Å². The van der Waals surface area contributed by atoms with Gasteiger partial charge in [0.15, 0.2) is 0 Å². The smallest absolute Gasteiger partial charge is 0.550 e. The first-order valence-electron chi connectivity index (χ1n) is 22.0. The van der Waals surface area contributed by atoms with E-state index in [0.717, 1.165) is 77.0 Å². The molecule has 0 aromatic carbocycles. The minimum Gasteiger partial charge on any atom is -0.550 e. The quantitative estimate of drug-likeness (QED) is 0.0606. The van der Waals surface area contributed by atoms with Crippen LogP contribution in [0.3, 0.4) is 0 Å². The molecule has 1 radical (unpaired) electrons. The maximum atomic E-state index is 11.3. The molecule has 0 amide bonds. The minimum absolute atomic E-state index is 0. The summed E-state index contributed by atoms with van der Waals surface area (Å²) in [6, 6.07) is 0. The largest absolute Gasteiger partial charge is 3.00 e. The standard InChI is InChI=1S/3C15H30O2.Nd/c3*1-4-7-8-9-10-11-13-15(6-3,12-5-2)14(16)17;/h3*4-13H2,1-3H3,(H,16,17);/q;;;+3/p-3. The molecule has 0 aromatic rings. The molecule has 0 aromatic heterocycles. The average Bonchev–Trinajstić information content (AvgIpc) is 3.11. The van der Waals surface area contributed by atoms with Gasteiger partial charge in [-0.05, 0) is 57.8 Å². The van der Waals surface area contributed by atoms with Gasteiger partial charge in [-0.1, -0.05) is 197 Å². The number of aliphatic carboxylic acids is 3. The maximum Gasteiger partial charge on any atom is 3.00 e. The molecular formula is C45H87NdO6. The van der Waals surface area contributed by atoms with Crippen molar-refractivity contribution in [2.45, 2.75) is 255 Å². The Morgan fingerprint density at radius 3 is 0.654 bits per heavy atom. The van der Waals surface area contributed by atoms with E-state index in [2.05, 4.69) is 41.5 Å². The maximum absolute atomic E-state index is 11.3. The van der Waals surface area contributed by atoms with Crippen LogP contribution in [-0.4, -0.2) is 17.9 Å². The molecule has 0 rings (SSSR count). The van der Waals surface area contributed by atoms with E-state index in [1.165, 1.54) is 96.3 Å². The molecule has 307 valence electrons. The van der Waals surface area contributed by atoms with Gasteiger partial charge in [-0.3, -0.25) is 0 Å². The monoisotopic (exact) mass is 866 g/mol. The topological polar surface area (TPSA) is 120 Å². The third-order valence-corrected chi connectivity index (χ3v) is 11.5. The normalized spacial score (nSPS) is 14.2. The minimum atomic E-state index is -0.838. The Morgan fingerprint density at radius 1 is 0.308 bits per heavy atom. The van der Waals surface area contributed by atoms with Crippen LogP contribution in [0.5, 0.6) is 0 Å². The van der Waals surface area contributed by atoms with Crippen LogP contribution in [0.1, 0.15) is 255 Å². The molecule has 0 aliphatic carbocycles. The van der Waals surface area contributed by atoms with Crippen molar-refractivity contribution in [3.63, 3.8) is 0 Å². The molecule has 0 heterocycles. The molecule has 0 aliphatic rings. The Kier molecular flexibility index (Phi) is 43.9. The van der Waals surface area contributed by atoms with Crippen LogP contribution in [0.25, 0.3) is 0 Å². The van der Waals surface area contributed by atoms with Gasteiger partial charge in [-0.15, -0.1) is 0 Å². The van der Waals surface area contributed by atoms with Crippen molar-refractivity contribution in [3.05, 3.63) is 0 Å². The Morgan fingerprint density at radius 2 is 0.500 bits per heavy atom. The van der Waals surface area contributed by atoms with Gasteiger partial charge in [0.2, 0.25) is 0 Å². The van der Waals surface area contributed by atoms with Gasteiger partial charge in [0.05, 0.1) is 0 Å². The molecule has 52 heavy (non-hydrogen) atoms. The number of carbonyl (C=O) groups is 3. The molecular weight excluding hydrogens is 781 g/mol. The van der Waals surface area contributed by atoms with Crippen LogP contribution in [0, 0.1) is 57.1 Å². The van der Waals surface area contributed by atoms with E-state index in [1.54, 1.807) is 0 Å². The van der Waals surface area contributed by atoms with Crippen LogP contribution in [0.4, 0.5) is 0 Å². The van der Waals surface area contributed by atoms with Crippen molar-refractivity contribution in [2.75, 3.05) is 0 Å². The van der Waals surface area contributed by atoms with Crippen LogP contribution >= 0.6 is 0 Å². The number of hydrogen-bond acceptors (Lipinski definition) is 6. The van der Waals surface area contributed by atoms with Crippen LogP contribution in [0.15, 0.2) is 0 Å². The van der Waals surface area contributed by atoms with E-state index in [4.69, 9.17) is 0 Å². The first kappa shape index (κ1) is 58.5. The molecule has 6 nitrogen and oxygen atoms in total. The van der Waals surface area contributed by atoms with Crippen molar-refractivity contribution in [1.82, 2.24) is 0 Å². The van der Waals surface area contributed by atoms with E-state index >= 15 is 0 Å². The molecule has 3 unspecified atom stereocenters. The van der Waals surface area contributed by atoms with Gasteiger partial charge < -0.3 is 29.7 Å². The second-order valence-corrected chi connectivity index (χ2v) is 15.6. The Hall–Kier alpha value is -0.239. The van der Waals surface area contributed by atoms with Crippen molar-refractivity contribution >= 4 is 17.9 Å². The van der Waals surface area contributed by atoms with E-state index < -0.39 is 34.2 Å². The summed E-state index contributed by atoms with van der Waals surface area (Å²) in [6.07, 6.45) is 31.4. The van der Waals surface area contributed by atoms with Crippen molar-refractivity contribution in [2.24, 2.45) is 16.2 Å². The molecule has 7 heteroatoms. The Balaban J connectivity index is -0.000000329. The summed E-state index contributed by atoms with van der Waals surface area (Å²) in [5.74, 6) is -2.51. The van der Waals surface area contributed by atoms with Gasteiger partial charge in [-0.2, -0.15) is 0 Å². The fraction of sp³-hybridized carbons (Fsp3) is 0.933. The van der Waals surface area contributed by atoms with E-state index in [-0.39, 0.29) is 40.8 Å².